The first-order valence-electron chi connectivity index (χ1n) is 10.2. The normalized spacial score (nSPS) is 16.9. The molecule has 5 nitrogen and oxygen atoms in total. The van der Waals surface area contributed by atoms with Gasteiger partial charge in [-0.05, 0) is 49.8 Å². The molecule has 6 heteroatoms. The highest BCUT2D eigenvalue weighted by Gasteiger charge is 2.35. The van der Waals surface area contributed by atoms with Crippen molar-refractivity contribution in [2.24, 2.45) is 0 Å². The lowest BCUT2D eigenvalue weighted by Gasteiger charge is -2.32. The number of rotatable bonds is 6. The number of carbonyl (C=O) groups excluding carboxylic acids is 2. The van der Waals surface area contributed by atoms with Crippen LogP contribution in [0.15, 0.2) is 41.8 Å². The number of esters is 1. The van der Waals surface area contributed by atoms with Crippen molar-refractivity contribution in [1.82, 2.24) is 5.32 Å². The molecule has 30 heavy (non-hydrogen) atoms. The molecule has 1 heterocycles. The number of amides is 1. The number of benzene rings is 1. The Bertz CT molecular complexity index is 967. The maximum Gasteiger partial charge on any atom is 0.340 e. The van der Waals surface area contributed by atoms with Crippen molar-refractivity contribution in [1.29, 1.82) is 5.26 Å². The van der Waals surface area contributed by atoms with E-state index in [1.807, 2.05) is 48.7 Å². The van der Waals surface area contributed by atoms with Crippen molar-refractivity contribution in [2.75, 3.05) is 0 Å². The molecule has 0 bridgehead atoms. The average Bonchev–Trinajstić information content (AvgIpc) is 3.27. The summed E-state index contributed by atoms with van der Waals surface area (Å²) in [6, 6.07) is 13.8. The van der Waals surface area contributed by atoms with Crippen molar-refractivity contribution in [3.05, 3.63) is 57.8 Å². The Morgan fingerprint density at radius 2 is 2.00 bits per heavy atom. The van der Waals surface area contributed by atoms with E-state index in [2.05, 4.69) is 11.4 Å². The van der Waals surface area contributed by atoms with E-state index >= 15 is 0 Å². The second-order valence-electron chi connectivity index (χ2n) is 7.74. The van der Waals surface area contributed by atoms with Gasteiger partial charge in [0.05, 0.1) is 11.6 Å². The Morgan fingerprint density at radius 1 is 1.23 bits per heavy atom. The summed E-state index contributed by atoms with van der Waals surface area (Å²) < 4.78 is 5.51. The van der Waals surface area contributed by atoms with Crippen LogP contribution in [0.2, 0.25) is 0 Å². The largest absolute Gasteiger partial charge is 0.449 e. The van der Waals surface area contributed by atoms with Crippen molar-refractivity contribution in [2.45, 2.75) is 57.6 Å². The van der Waals surface area contributed by atoms with Gasteiger partial charge in [-0.3, -0.25) is 4.79 Å². The van der Waals surface area contributed by atoms with Gasteiger partial charge in [-0.1, -0.05) is 55.2 Å². The smallest absolute Gasteiger partial charge is 0.340 e. The Morgan fingerprint density at radius 3 is 2.63 bits per heavy atom. The molecule has 1 N–H and O–H groups in total. The van der Waals surface area contributed by atoms with Crippen LogP contribution in [0.5, 0.6) is 0 Å². The molecule has 1 atom stereocenters. The molecule has 0 unspecified atom stereocenters. The predicted octanol–water partition coefficient (Wildman–Crippen LogP) is 4.87. The highest BCUT2D eigenvalue weighted by molar-refractivity contribution is 7.11. The van der Waals surface area contributed by atoms with Gasteiger partial charge in [0.1, 0.15) is 5.54 Å². The number of nitrogens with one attached hydrogen (secondary N) is 1. The van der Waals surface area contributed by atoms with Gasteiger partial charge in [-0.15, -0.1) is 11.3 Å². The Balaban J connectivity index is 1.75. The standard InChI is InChI=1S/C24H26N2O3S/c1-17-8-6-9-19(14-17)15-20(21-10-7-13-30-21)23(28)29-18(2)22(27)26-24(16-25)11-4-3-5-12-24/h6-10,13-15,18H,3-5,11-12H2,1-2H3,(H,26,27)/b20-15+/t18-/m1/s1. The van der Waals surface area contributed by atoms with Crippen LogP contribution in [0.25, 0.3) is 11.6 Å². The zero-order chi connectivity index (χ0) is 21.6. The van der Waals surface area contributed by atoms with Crippen LogP contribution in [0, 0.1) is 18.3 Å². The fraction of sp³-hybridized carbons (Fsp3) is 0.375. The summed E-state index contributed by atoms with van der Waals surface area (Å²) in [6.45, 7) is 3.53. The molecule has 1 amide bonds. The van der Waals surface area contributed by atoms with Crippen molar-refractivity contribution in [3.8, 4) is 6.07 Å². The highest BCUT2D eigenvalue weighted by Crippen LogP contribution is 2.28. The van der Waals surface area contributed by atoms with Crippen molar-refractivity contribution < 1.29 is 14.3 Å². The molecule has 1 fully saturated rings. The van der Waals surface area contributed by atoms with Crippen LogP contribution in [0.4, 0.5) is 0 Å². The van der Waals surface area contributed by atoms with Crippen molar-refractivity contribution >= 4 is 34.9 Å². The van der Waals surface area contributed by atoms with Gasteiger partial charge in [0, 0.05) is 4.88 Å². The number of carbonyl (C=O) groups is 2. The van der Waals surface area contributed by atoms with Gasteiger partial charge in [-0.25, -0.2) is 4.79 Å². The quantitative estimate of drug-likeness (QED) is 0.532. The summed E-state index contributed by atoms with van der Waals surface area (Å²) in [5.74, 6) is -0.996. The minimum absolute atomic E-state index is 0.405. The predicted molar refractivity (Wildman–Crippen MR) is 118 cm³/mol. The fourth-order valence-electron chi connectivity index (χ4n) is 3.62. The van der Waals surface area contributed by atoms with Crippen LogP contribution >= 0.6 is 11.3 Å². The third-order valence-corrected chi connectivity index (χ3v) is 6.20. The first-order valence-corrected chi connectivity index (χ1v) is 11.1. The molecule has 1 aromatic heterocycles. The Kier molecular flexibility index (Phi) is 7.07. The summed E-state index contributed by atoms with van der Waals surface area (Å²) >= 11 is 1.44. The van der Waals surface area contributed by atoms with E-state index in [-0.39, 0.29) is 0 Å². The summed E-state index contributed by atoms with van der Waals surface area (Å²) in [7, 11) is 0. The van der Waals surface area contributed by atoms with Gasteiger partial charge in [-0.2, -0.15) is 5.26 Å². The zero-order valence-corrected chi connectivity index (χ0v) is 18.1. The lowest BCUT2D eigenvalue weighted by molar-refractivity contribution is -0.150. The molecular formula is C24H26N2O3S. The van der Waals surface area contributed by atoms with E-state index in [0.717, 1.165) is 35.3 Å². The zero-order valence-electron chi connectivity index (χ0n) is 17.3. The molecule has 2 aromatic rings. The minimum atomic E-state index is -0.995. The third kappa shape index (κ3) is 5.37. The third-order valence-electron chi connectivity index (χ3n) is 5.30. The number of hydrogen-bond acceptors (Lipinski definition) is 5. The van der Waals surface area contributed by atoms with Gasteiger partial charge >= 0.3 is 5.97 Å². The molecular weight excluding hydrogens is 396 g/mol. The van der Waals surface area contributed by atoms with E-state index in [1.54, 1.807) is 13.0 Å². The Hall–Kier alpha value is -2.91. The Labute approximate surface area is 181 Å². The molecule has 3 rings (SSSR count). The molecule has 1 aliphatic rings. The lowest BCUT2D eigenvalue weighted by Crippen LogP contribution is -2.52. The summed E-state index contributed by atoms with van der Waals surface area (Å²) in [5.41, 5.74) is 1.52. The molecule has 0 spiro atoms. The molecule has 0 saturated heterocycles. The number of ether oxygens (including phenoxy) is 1. The lowest BCUT2D eigenvalue weighted by atomic mass is 9.83. The van der Waals surface area contributed by atoms with Crippen LogP contribution in [0.3, 0.4) is 0 Å². The molecule has 0 aliphatic heterocycles. The van der Waals surface area contributed by atoms with Crippen LogP contribution in [0.1, 0.15) is 55.0 Å². The van der Waals surface area contributed by atoms with Crippen molar-refractivity contribution in [3.63, 3.8) is 0 Å². The summed E-state index contributed by atoms with van der Waals surface area (Å²) in [6.07, 6.45) is 4.92. The number of hydrogen-bond donors (Lipinski definition) is 1. The first kappa shape index (κ1) is 21.8. The van der Waals surface area contributed by atoms with E-state index in [9.17, 15) is 14.9 Å². The highest BCUT2D eigenvalue weighted by atomic mass is 32.1. The number of thiophene rings is 1. The van der Waals surface area contributed by atoms with Gasteiger partial charge in [0.25, 0.3) is 5.91 Å². The SMILES string of the molecule is Cc1cccc(/C=C(/C(=O)O[C@H](C)C(=O)NC2(C#N)CCCCC2)c2cccs2)c1. The average molecular weight is 423 g/mol. The second-order valence-corrected chi connectivity index (χ2v) is 8.69. The van der Waals surface area contributed by atoms with E-state index in [1.165, 1.54) is 11.3 Å². The van der Waals surface area contributed by atoms with E-state index in [4.69, 9.17) is 4.74 Å². The van der Waals surface area contributed by atoms with Crippen LogP contribution in [-0.2, 0) is 14.3 Å². The number of nitriles is 1. The summed E-state index contributed by atoms with van der Waals surface area (Å²) in [5, 5.41) is 14.3. The van der Waals surface area contributed by atoms with E-state index < -0.39 is 23.5 Å². The maximum absolute atomic E-state index is 13.0. The van der Waals surface area contributed by atoms with Gasteiger partial charge in [0.2, 0.25) is 0 Å². The second kappa shape index (κ2) is 9.73. The molecule has 156 valence electrons. The molecule has 1 saturated carbocycles. The topological polar surface area (TPSA) is 79.2 Å². The first-order chi connectivity index (χ1) is 14.4. The molecule has 1 aliphatic carbocycles. The van der Waals surface area contributed by atoms with Gasteiger partial charge < -0.3 is 10.1 Å². The number of nitrogens with zero attached hydrogens (tertiary/aromatic N) is 1. The van der Waals surface area contributed by atoms with Crippen LogP contribution < -0.4 is 5.32 Å². The van der Waals surface area contributed by atoms with Gasteiger partial charge in [0.15, 0.2) is 6.10 Å². The maximum atomic E-state index is 13.0. The summed E-state index contributed by atoms with van der Waals surface area (Å²) in [4.78, 5) is 26.4. The van der Waals surface area contributed by atoms with Crippen LogP contribution in [-0.4, -0.2) is 23.5 Å². The fourth-order valence-corrected chi connectivity index (χ4v) is 4.35. The minimum Gasteiger partial charge on any atom is -0.449 e. The number of aryl methyl sites for hydroxylation is 1. The monoisotopic (exact) mass is 422 g/mol. The van der Waals surface area contributed by atoms with E-state index in [0.29, 0.717) is 18.4 Å². The molecule has 0 radical (unpaired) electrons. The molecule has 1 aromatic carbocycles.